The van der Waals surface area contributed by atoms with Crippen molar-refractivity contribution in [3.05, 3.63) is 58.7 Å². The van der Waals surface area contributed by atoms with Gasteiger partial charge in [-0.2, -0.15) is 0 Å². The Balaban J connectivity index is 2.28. The van der Waals surface area contributed by atoms with Gasteiger partial charge in [0.05, 0.1) is 17.6 Å². The number of benzene rings is 1. The monoisotopic (exact) mass is 294 g/mol. The maximum absolute atomic E-state index is 6.24. The van der Waals surface area contributed by atoms with Gasteiger partial charge in [0.15, 0.2) is 0 Å². The van der Waals surface area contributed by atoms with Crippen LogP contribution in [0.1, 0.15) is 24.2 Å². The predicted molar refractivity (Wildman–Crippen MR) is 82.1 cm³/mol. The molecule has 2 nitrogen and oxygen atoms in total. The van der Waals surface area contributed by atoms with E-state index in [1.54, 1.807) is 0 Å². The molecule has 0 radical (unpaired) electrons. The van der Waals surface area contributed by atoms with Gasteiger partial charge >= 0.3 is 0 Å². The molecular weight excluding hydrogens is 279 g/mol. The first-order valence-corrected chi connectivity index (χ1v) is 7.04. The molecule has 4 heteroatoms. The maximum atomic E-state index is 6.24. The molecule has 0 N–H and O–H groups in total. The lowest BCUT2D eigenvalue weighted by molar-refractivity contribution is 0.727. The molecule has 0 saturated carbocycles. The molecule has 1 unspecified atom stereocenters. The minimum absolute atomic E-state index is 0.145. The zero-order valence-electron chi connectivity index (χ0n) is 11.0. The summed E-state index contributed by atoms with van der Waals surface area (Å²) in [7, 11) is 2.01. The molecule has 2 aromatic rings. The second-order valence-corrected chi connectivity index (χ2v) is 5.10. The maximum Gasteiger partial charge on any atom is 0.129 e. The average Bonchev–Trinajstić information content (AvgIpc) is 2.46. The number of nitrogens with zero attached hydrogens (tertiary/aromatic N) is 2. The SMILES string of the molecule is CC(c1ccccc1Cl)N(C)c1cccc(CCl)n1. The Morgan fingerprint density at radius 1 is 1.16 bits per heavy atom. The van der Waals surface area contributed by atoms with Crippen LogP contribution in [0, 0.1) is 0 Å². The fraction of sp³-hybridized carbons (Fsp3) is 0.267. The van der Waals surface area contributed by atoms with Crippen molar-refractivity contribution in [2.24, 2.45) is 0 Å². The van der Waals surface area contributed by atoms with Gasteiger partial charge < -0.3 is 4.90 Å². The molecule has 0 aliphatic carbocycles. The Morgan fingerprint density at radius 2 is 1.89 bits per heavy atom. The summed E-state index contributed by atoms with van der Waals surface area (Å²) in [4.78, 5) is 6.61. The van der Waals surface area contributed by atoms with E-state index >= 15 is 0 Å². The molecule has 19 heavy (non-hydrogen) atoms. The summed E-state index contributed by atoms with van der Waals surface area (Å²) in [6, 6.07) is 13.9. The van der Waals surface area contributed by atoms with Crippen molar-refractivity contribution >= 4 is 29.0 Å². The van der Waals surface area contributed by atoms with Crippen LogP contribution in [0.25, 0.3) is 0 Å². The number of aromatic nitrogens is 1. The van der Waals surface area contributed by atoms with Crippen LogP contribution in [-0.2, 0) is 5.88 Å². The molecule has 1 atom stereocenters. The lowest BCUT2D eigenvalue weighted by atomic mass is 10.1. The van der Waals surface area contributed by atoms with Crippen LogP contribution in [0.3, 0.4) is 0 Å². The van der Waals surface area contributed by atoms with Crippen molar-refractivity contribution < 1.29 is 0 Å². The third kappa shape index (κ3) is 3.20. The highest BCUT2D eigenvalue weighted by Crippen LogP contribution is 2.29. The first kappa shape index (κ1) is 14.2. The van der Waals surface area contributed by atoms with Crippen LogP contribution < -0.4 is 4.90 Å². The van der Waals surface area contributed by atoms with Gasteiger partial charge in [-0.3, -0.25) is 0 Å². The predicted octanol–water partition coefficient (Wildman–Crippen LogP) is 4.67. The number of hydrogen-bond acceptors (Lipinski definition) is 2. The quantitative estimate of drug-likeness (QED) is 0.762. The van der Waals surface area contributed by atoms with Crippen molar-refractivity contribution in [1.82, 2.24) is 4.98 Å². The third-order valence-electron chi connectivity index (χ3n) is 3.23. The van der Waals surface area contributed by atoms with Gasteiger partial charge in [0.1, 0.15) is 5.82 Å². The summed E-state index contributed by atoms with van der Waals surface area (Å²) in [5, 5.41) is 0.773. The molecule has 1 aromatic carbocycles. The van der Waals surface area contributed by atoms with Crippen LogP contribution in [-0.4, -0.2) is 12.0 Å². The molecular formula is C15H16Cl2N2. The summed E-state index contributed by atoms with van der Waals surface area (Å²) >= 11 is 12.1. The standard InChI is InChI=1S/C15H16Cl2N2/c1-11(13-7-3-4-8-14(13)17)19(2)15-9-5-6-12(10-16)18-15/h3-9,11H,10H2,1-2H3. The molecule has 100 valence electrons. The number of rotatable bonds is 4. The van der Waals surface area contributed by atoms with Crippen LogP contribution in [0.4, 0.5) is 5.82 Å². The van der Waals surface area contributed by atoms with Crippen LogP contribution >= 0.6 is 23.2 Å². The van der Waals surface area contributed by atoms with E-state index in [-0.39, 0.29) is 6.04 Å². The number of halogens is 2. The van der Waals surface area contributed by atoms with Gasteiger partial charge in [-0.1, -0.05) is 35.9 Å². The lowest BCUT2D eigenvalue weighted by Gasteiger charge is -2.27. The Bertz CT molecular complexity index is 557. The van der Waals surface area contributed by atoms with E-state index in [2.05, 4.69) is 16.8 Å². The Labute approximate surface area is 124 Å². The number of anilines is 1. The molecule has 2 rings (SSSR count). The van der Waals surface area contributed by atoms with Crippen LogP contribution in [0.5, 0.6) is 0 Å². The fourth-order valence-electron chi connectivity index (χ4n) is 1.96. The highest BCUT2D eigenvalue weighted by molar-refractivity contribution is 6.31. The summed E-state index contributed by atoms with van der Waals surface area (Å²) in [5.41, 5.74) is 1.96. The van der Waals surface area contributed by atoms with Gasteiger partial charge in [0.2, 0.25) is 0 Å². The van der Waals surface area contributed by atoms with Gasteiger partial charge in [-0.25, -0.2) is 4.98 Å². The first-order chi connectivity index (χ1) is 9.13. The first-order valence-electron chi connectivity index (χ1n) is 6.12. The normalized spacial score (nSPS) is 12.2. The molecule has 1 heterocycles. The number of pyridine rings is 1. The minimum atomic E-state index is 0.145. The van der Waals surface area contributed by atoms with Crippen molar-refractivity contribution in [2.45, 2.75) is 18.8 Å². The third-order valence-corrected chi connectivity index (χ3v) is 3.84. The van der Waals surface area contributed by atoms with E-state index in [1.807, 2.05) is 49.5 Å². The summed E-state index contributed by atoms with van der Waals surface area (Å²) in [5.74, 6) is 1.31. The molecule has 0 aliphatic heterocycles. The van der Waals surface area contributed by atoms with Gasteiger partial charge in [-0.05, 0) is 30.7 Å². The number of hydrogen-bond donors (Lipinski definition) is 0. The van der Waals surface area contributed by atoms with E-state index in [0.717, 1.165) is 22.1 Å². The average molecular weight is 295 g/mol. The topological polar surface area (TPSA) is 16.1 Å². The molecule has 1 aromatic heterocycles. The van der Waals surface area contributed by atoms with Gasteiger partial charge in [0, 0.05) is 12.1 Å². The molecule has 0 aliphatic rings. The van der Waals surface area contributed by atoms with Crippen molar-refractivity contribution in [3.8, 4) is 0 Å². The Kier molecular flexibility index (Phi) is 4.67. The second-order valence-electron chi connectivity index (χ2n) is 4.43. The van der Waals surface area contributed by atoms with Crippen LogP contribution in [0.15, 0.2) is 42.5 Å². The highest BCUT2D eigenvalue weighted by Gasteiger charge is 2.15. The minimum Gasteiger partial charge on any atom is -0.353 e. The highest BCUT2D eigenvalue weighted by atomic mass is 35.5. The smallest absolute Gasteiger partial charge is 0.129 e. The Hall–Kier alpha value is -1.25. The summed E-state index contributed by atoms with van der Waals surface area (Å²) in [6.07, 6.45) is 0. The van der Waals surface area contributed by atoms with Gasteiger partial charge in [0.25, 0.3) is 0 Å². The molecule has 0 spiro atoms. The molecule has 0 saturated heterocycles. The fourth-order valence-corrected chi connectivity index (χ4v) is 2.40. The number of alkyl halides is 1. The van der Waals surface area contributed by atoms with Crippen molar-refractivity contribution in [2.75, 3.05) is 11.9 Å². The van der Waals surface area contributed by atoms with E-state index in [4.69, 9.17) is 23.2 Å². The van der Waals surface area contributed by atoms with E-state index < -0.39 is 0 Å². The van der Waals surface area contributed by atoms with E-state index in [0.29, 0.717) is 5.88 Å². The van der Waals surface area contributed by atoms with E-state index in [1.165, 1.54) is 0 Å². The Morgan fingerprint density at radius 3 is 2.58 bits per heavy atom. The molecule has 0 bridgehead atoms. The van der Waals surface area contributed by atoms with Crippen molar-refractivity contribution in [1.29, 1.82) is 0 Å². The second kappa shape index (κ2) is 6.27. The van der Waals surface area contributed by atoms with Gasteiger partial charge in [-0.15, -0.1) is 11.6 Å². The zero-order valence-corrected chi connectivity index (χ0v) is 12.5. The lowest BCUT2D eigenvalue weighted by Crippen LogP contribution is -2.23. The zero-order chi connectivity index (χ0) is 13.8. The molecule has 0 fully saturated rings. The molecule has 0 amide bonds. The largest absolute Gasteiger partial charge is 0.353 e. The summed E-state index contributed by atoms with van der Waals surface area (Å²) in [6.45, 7) is 2.11. The van der Waals surface area contributed by atoms with E-state index in [9.17, 15) is 0 Å². The summed E-state index contributed by atoms with van der Waals surface area (Å²) < 4.78 is 0. The van der Waals surface area contributed by atoms with Crippen molar-refractivity contribution in [3.63, 3.8) is 0 Å². The van der Waals surface area contributed by atoms with Crippen LogP contribution in [0.2, 0.25) is 5.02 Å².